The van der Waals surface area contributed by atoms with Gasteiger partial charge in [0.25, 0.3) is 0 Å². The van der Waals surface area contributed by atoms with Crippen molar-refractivity contribution in [3.63, 3.8) is 0 Å². The summed E-state index contributed by atoms with van der Waals surface area (Å²) >= 11 is 0. The quantitative estimate of drug-likeness (QED) is 0.797. The third kappa shape index (κ3) is 2.52. The van der Waals surface area contributed by atoms with Crippen molar-refractivity contribution in [2.45, 2.75) is 6.54 Å². The predicted molar refractivity (Wildman–Crippen MR) is 73.4 cm³/mol. The van der Waals surface area contributed by atoms with E-state index in [0.717, 1.165) is 38.2 Å². The SMILES string of the molecule is CN1CCN(Cc2[c]nc3ccccc3c2)CC1. The van der Waals surface area contributed by atoms with E-state index in [0.29, 0.717) is 0 Å². The maximum atomic E-state index is 4.40. The predicted octanol–water partition coefficient (Wildman–Crippen LogP) is 1.78. The Labute approximate surface area is 108 Å². The standard InChI is InChI=1S/C15H18N3/c1-17-6-8-18(9-7-17)12-13-10-14-4-2-3-5-15(14)16-11-13/h2-5,10H,6-9,12H2,1H3. The normalized spacial score (nSPS) is 18.3. The molecule has 1 aromatic carbocycles. The van der Waals surface area contributed by atoms with Gasteiger partial charge in [-0.3, -0.25) is 4.90 Å². The van der Waals surface area contributed by atoms with Gasteiger partial charge in [0, 0.05) is 38.1 Å². The number of rotatable bonds is 2. The van der Waals surface area contributed by atoms with Crippen LogP contribution in [-0.2, 0) is 6.54 Å². The molecule has 0 atom stereocenters. The Hall–Kier alpha value is -1.45. The molecule has 0 saturated carbocycles. The van der Waals surface area contributed by atoms with E-state index in [1.165, 1.54) is 10.9 Å². The molecule has 1 aliphatic heterocycles. The molecule has 93 valence electrons. The molecule has 18 heavy (non-hydrogen) atoms. The number of hydrogen-bond acceptors (Lipinski definition) is 3. The lowest BCUT2D eigenvalue weighted by Gasteiger charge is -2.32. The molecule has 0 aliphatic carbocycles. The Balaban J connectivity index is 1.74. The van der Waals surface area contributed by atoms with E-state index in [1.807, 2.05) is 12.1 Å². The summed E-state index contributed by atoms with van der Waals surface area (Å²) in [7, 11) is 2.18. The van der Waals surface area contributed by atoms with Crippen LogP contribution < -0.4 is 0 Å². The minimum Gasteiger partial charge on any atom is -0.304 e. The molecule has 1 aliphatic rings. The molecule has 2 heterocycles. The van der Waals surface area contributed by atoms with Crippen LogP contribution in [0.2, 0.25) is 0 Å². The van der Waals surface area contributed by atoms with Crippen molar-refractivity contribution >= 4 is 10.9 Å². The first-order valence-corrected chi connectivity index (χ1v) is 6.48. The van der Waals surface area contributed by atoms with E-state index >= 15 is 0 Å². The second kappa shape index (κ2) is 5.04. The Morgan fingerprint density at radius 1 is 1.17 bits per heavy atom. The third-order valence-electron chi connectivity index (χ3n) is 3.58. The van der Waals surface area contributed by atoms with Crippen LogP contribution in [-0.4, -0.2) is 48.0 Å². The fraction of sp³-hybridized carbons (Fsp3) is 0.400. The van der Waals surface area contributed by atoms with Gasteiger partial charge in [0.1, 0.15) is 0 Å². The Bertz CT molecular complexity index is 530. The number of likely N-dealkylation sites (N-methyl/N-ethyl adjacent to an activating group) is 1. The second-order valence-corrected chi connectivity index (χ2v) is 5.03. The molecule has 0 unspecified atom stereocenters. The van der Waals surface area contributed by atoms with Crippen molar-refractivity contribution in [2.75, 3.05) is 33.2 Å². The van der Waals surface area contributed by atoms with Gasteiger partial charge in [0.05, 0.1) is 11.7 Å². The van der Waals surface area contributed by atoms with E-state index < -0.39 is 0 Å². The van der Waals surface area contributed by atoms with Gasteiger partial charge in [-0.15, -0.1) is 0 Å². The lowest BCUT2D eigenvalue weighted by Crippen LogP contribution is -2.43. The van der Waals surface area contributed by atoms with Crippen molar-refractivity contribution in [1.82, 2.24) is 14.8 Å². The smallest absolute Gasteiger partial charge is 0.0942 e. The van der Waals surface area contributed by atoms with E-state index in [1.54, 1.807) is 0 Å². The number of hydrogen-bond donors (Lipinski definition) is 0. The molecule has 0 spiro atoms. The van der Waals surface area contributed by atoms with Gasteiger partial charge in [0.15, 0.2) is 0 Å². The highest BCUT2D eigenvalue weighted by molar-refractivity contribution is 5.78. The van der Waals surface area contributed by atoms with Crippen LogP contribution in [0.5, 0.6) is 0 Å². The minimum absolute atomic E-state index is 0.964. The summed E-state index contributed by atoms with van der Waals surface area (Å²) in [5, 5.41) is 1.21. The van der Waals surface area contributed by atoms with E-state index in [-0.39, 0.29) is 0 Å². The van der Waals surface area contributed by atoms with Crippen molar-refractivity contribution in [1.29, 1.82) is 0 Å². The van der Waals surface area contributed by atoms with Crippen molar-refractivity contribution in [2.24, 2.45) is 0 Å². The first-order chi connectivity index (χ1) is 8.81. The molecule has 2 aromatic rings. The highest BCUT2D eigenvalue weighted by atomic mass is 15.2. The van der Waals surface area contributed by atoms with Crippen LogP contribution in [0, 0.1) is 6.20 Å². The molecule has 3 heteroatoms. The van der Waals surface area contributed by atoms with Crippen LogP contribution in [0.3, 0.4) is 0 Å². The summed E-state index contributed by atoms with van der Waals surface area (Å²) in [4.78, 5) is 9.25. The van der Waals surface area contributed by atoms with Crippen LogP contribution in [0.4, 0.5) is 0 Å². The van der Waals surface area contributed by atoms with Gasteiger partial charge in [-0.25, -0.2) is 4.98 Å². The fourth-order valence-electron chi connectivity index (χ4n) is 2.39. The monoisotopic (exact) mass is 240 g/mol. The molecule has 0 N–H and O–H groups in total. The highest BCUT2D eigenvalue weighted by Gasteiger charge is 2.14. The second-order valence-electron chi connectivity index (χ2n) is 5.03. The lowest BCUT2D eigenvalue weighted by atomic mass is 10.1. The zero-order valence-electron chi connectivity index (χ0n) is 10.8. The van der Waals surface area contributed by atoms with Crippen LogP contribution in [0.1, 0.15) is 5.56 Å². The van der Waals surface area contributed by atoms with Gasteiger partial charge in [-0.2, -0.15) is 0 Å². The minimum atomic E-state index is 0.964. The molecule has 0 bridgehead atoms. The van der Waals surface area contributed by atoms with Crippen molar-refractivity contribution in [3.8, 4) is 0 Å². The molecule has 3 nitrogen and oxygen atoms in total. The number of piperazine rings is 1. The molecule has 1 aromatic heterocycles. The summed E-state index contributed by atoms with van der Waals surface area (Å²) in [6.45, 7) is 5.54. The molecule has 1 saturated heterocycles. The van der Waals surface area contributed by atoms with Crippen LogP contribution >= 0.6 is 0 Å². The number of aromatic nitrogens is 1. The molecule has 1 fully saturated rings. The highest BCUT2D eigenvalue weighted by Crippen LogP contribution is 2.14. The van der Waals surface area contributed by atoms with Gasteiger partial charge in [0.2, 0.25) is 0 Å². The van der Waals surface area contributed by atoms with E-state index in [4.69, 9.17) is 0 Å². The maximum Gasteiger partial charge on any atom is 0.0942 e. The Kier molecular flexibility index (Phi) is 3.26. The number of nitrogens with zero attached hydrogens (tertiary/aromatic N) is 3. The molecular weight excluding hydrogens is 222 g/mol. The topological polar surface area (TPSA) is 19.4 Å². The van der Waals surface area contributed by atoms with Crippen molar-refractivity contribution < 1.29 is 0 Å². The molecule has 1 radical (unpaired) electrons. The zero-order valence-corrected chi connectivity index (χ0v) is 10.8. The summed E-state index contributed by atoms with van der Waals surface area (Å²) < 4.78 is 0. The number of fused-ring (bicyclic) bond motifs is 1. The first-order valence-electron chi connectivity index (χ1n) is 6.48. The largest absolute Gasteiger partial charge is 0.304 e. The molecular formula is C15H18N3. The number of pyridine rings is 1. The number of benzene rings is 1. The average Bonchev–Trinajstić information content (AvgIpc) is 2.41. The van der Waals surface area contributed by atoms with E-state index in [2.05, 4.69) is 46.2 Å². The molecule has 3 rings (SSSR count). The van der Waals surface area contributed by atoms with Gasteiger partial charge < -0.3 is 4.90 Å². The van der Waals surface area contributed by atoms with Crippen molar-refractivity contribution in [3.05, 3.63) is 42.1 Å². The summed E-state index contributed by atoms with van der Waals surface area (Å²) in [6, 6.07) is 10.4. The average molecular weight is 240 g/mol. The number of para-hydroxylation sites is 1. The first kappa shape index (κ1) is 11.6. The fourth-order valence-corrected chi connectivity index (χ4v) is 2.39. The third-order valence-corrected chi connectivity index (χ3v) is 3.58. The summed E-state index contributed by atoms with van der Waals surface area (Å²) in [5.74, 6) is 0. The van der Waals surface area contributed by atoms with Gasteiger partial charge in [-0.05, 0) is 24.7 Å². The van der Waals surface area contributed by atoms with Crippen LogP contribution in [0.15, 0.2) is 30.3 Å². The lowest BCUT2D eigenvalue weighted by molar-refractivity contribution is 0.148. The van der Waals surface area contributed by atoms with Gasteiger partial charge >= 0.3 is 0 Å². The van der Waals surface area contributed by atoms with Crippen LogP contribution in [0.25, 0.3) is 10.9 Å². The zero-order chi connectivity index (χ0) is 12.4. The van der Waals surface area contributed by atoms with E-state index in [9.17, 15) is 0 Å². The molecule has 0 amide bonds. The Morgan fingerprint density at radius 2 is 1.94 bits per heavy atom. The maximum absolute atomic E-state index is 4.40. The Morgan fingerprint density at radius 3 is 2.78 bits per heavy atom. The summed E-state index contributed by atoms with van der Waals surface area (Å²) in [5.41, 5.74) is 2.22. The summed E-state index contributed by atoms with van der Waals surface area (Å²) in [6.07, 6.45) is 3.16. The van der Waals surface area contributed by atoms with Gasteiger partial charge in [-0.1, -0.05) is 18.2 Å².